The molecule has 1 aromatic carbocycles. The number of benzene rings is 1. The molecule has 0 atom stereocenters. The minimum atomic E-state index is -3.89. The normalized spacial score (nSPS) is 11.6. The highest BCUT2D eigenvalue weighted by Gasteiger charge is 2.27. The second-order valence-corrected chi connectivity index (χ2v) is 6.82. The van der Waals surface area contributed by atoms with Crippen LogP contribution in [0.5, 0.6) is 0 Å². The molecular formula is C13H19ClN2O4S. The quantitative estimate of drug-likeness (QED) is 0.432. The molecule has 0 radical (unpaired) electrons. The Morgan fingerprint density at radius 2 is 2.00 bits per heavy atom. The number of hydrogen-bond acceptors (Lipinski definition) is 4. The zero-order valence-corrected chi connectivity index (χ0v) is 13.3. The van der Waals surface area contributed by atoms with Gasteiger partial charge in [-0.25, -0.2) is 13.9 Å². The van der Waals surface area contributed by atoms with Gasteiger partial charge in [0.25, 0.3) is 5.91 Å². The first-order valence-electron chi connectivity index (χ1n) is 6.61. The van der Waals surface area contributed by atoms with Gasteiger partial charge in [-0.3, -0.25) is 10.0 Å². The van der Waals surface area contributed by atoms with Crippen LogP contribution in [0.4, 0.5) is 0 Å². The third kappa shape index (κ3) is 4.96. The van der Waals surface area contributed by atoms with E-state index in [0.717, 1.165) is 17.1 Å². The minimum absolute atomic E-state index is 0.0473. The summed E-state index contributed by atoms with van der Waals surface area (Å²) < 4.78 is 26.2. The van der Waals surface area contributed by atoms with Crippen LogP contribution in [0.2, 0.25) is 5.02 Å². The van der Waals surface area contributed by atoms with Gasteiger partial charge in [0, 0.05) is 6.54 Å². The Hall–Kier alpha value is -1.15. The summed E-state index contributed by atoms with van der Waals surface area (Å²) in [5.74, 6) is -0.790. The highest BCUT2D eigenvalue weighted by atomic mass is 35.5. The van der Waals surface area contributed by atoms with E-state index in [1.165, 1.54) is 17.6 Å². The van der Waals surface area contributed by atoms with Crippen LogP contribution >= 0.6 is 11.6 Å². The Morgan fingerprint density at radius 1 is 1.33 bits per heavy atom. The molecular weight excluding hydrogens is 316 g/mol. The smallest absolute Gasteiger partial charge is 0.258 e. The summed E-state index contributed by atoms with van der Waals surface area (Å²) in [6, 6.07) is 6.06. The van der Waals surface area contributed by atoms with Crippen molar-refractivity contribution in [2.24, 2.45) is 0 Å². The van der Waals surface area contributed by atoms with Crippen LogP contribution in [-0.4, -0.2) is 36.9 Å². The van der Waals surface area contributed by atoms with Gasteiger partial charge < -0.3 is 0 Å². The average molecular weight is 335 g/mol. The molecule has 1 rings (SSSR count). The zero-order valence-electron chi connectivity index (χ0n) is 11.8. The largest absolute Gasteiger partial charge is 0.289 e. The molecule has 0 aliphatic carbocycles. The van der Waals surface area contributed by atoms with Crippen molar-refractivity contribution in [3.05, 3.63) is 29.3 Å². The lowest BCUT2D eigenvalue weighted by Crippen LogP contribution is -2.40. The number of sulfonamides is 1. The molecule has 118 valence electrons. The van der Waals surface area contributed by atoms with Crippen molar-refractivity contribution in [3.63, 3.8) is 0 Å². The molecule has 6 nitrogen and oxygen atoms in total. The second kappa shape index (κ2) is 8.33. The van der Waals surface area contributed by atoms with Gasteiger partial charge in [0.05, 0.1) is 11.6 Å². The highest BCUT2D eigenvalue weighted by molar-refractivity contribution is 7.89. The molecule has 1 aromatic rings. The van der Waals surface area contributed by atoms with Crippen molar-refractivity contribution in [2.75, 3.05) is 13.1 Å². The van der Waals surface area contributed by atoms with Crippen LogP contribution in [0, 0.1) is 0 Å². The maximum absolute atomic E-state index is 12.6. The van der Waals surface area contributed by atoms with Crippen LogP contribution < -0.4 is 5.48 Å². The molecule has 0 heterocycles. The number of hydrogen-bond donors (Lipinski definition) is 2. The molecule has 21 heavy (non-hydrogen) atoms. The SMILES string of the molecule is CCCCCN(CC(=O)NO)S(=O)(=O)c1ccccc1Cl. The highest BCUT2D eigenvalue weighted by Crippen LogP contribution is 2.24. The molecule has 0 saturated carbocycles. The van der Waals surface area contributed by atoms with Gasteiger partial charge in [-0.2, -0.15) is 4.31 Å². The lowest BCUT2D eigenvalue weighted by molar-refractivity contribution is -0.129. The topological polar surface area (TPSA) is 86.7 Å². The maximum Gasteiger partial charge on any atom is 0.258 e. The number of hydroxylamine groups is 1. The van der Waals surface area contributed by atoms with Crippen molar-refractivity contribution in [3.8, 4) is 0 Å². The number of nitrogens with zero attached hydrogens (tertiary/aromatic N) is 1. The van der Waals surface area contributed by atoms with Gasteiger partial charge in [0.2, 0.25) is 10.0 Å². The molecule has 0 aliphatic rings. The Labute approximate surface area is 129 Å². The molecule has 0 aromatic heterocycles. The standard InChI is InChI=1S/C13H19ClN2O4S/c1-2-3-6-9-16(10-13(17)15-18)21(19,20)12-8-5-4-7-11(12)14/h4-5,7-8,18H,2-3,6,9-10H2,1H3,(H,15,17). The predicted octanol–water partition coefficient (Wildman–Crippen LogP) is 2.03. The van der Waals surface area contributed by atoms with Gasteiger partial charge in [0.1, 0.15) is 4.90 Å². The van der Waals surface area contributed by atoms with Crippen molar-refractivity contribution < 1.29 is 18.4 Å². The average Bonchev–Trinajstić information content (AvgIpc) is 2.46. The van der Waals surface area contributed by atoms with E-state index >= 15 is 0 Å². The Bertz CT molecular complexity index is 577. The molecule has 1 amide bonds. The minimum Gasteiger partial charge on any atom is -0.289 e. The first-order chi connectivity index (χ1) is 9.93. The van der Waals surface area contributed by atoms with Crippen molar-refractivity contribution in [1.82, 2.24) is 9.79 Å². The fraction of sp³-hybridized carbons (Fsp3) is 0.462. The summed E-state index contributed by atoms with van der Waals surface area (Å²) in [5.41, 5.74) is 1.45. The second-order valence-electron chi connectivity index (χ2n) is 4.51. The third-order valence-corrected chi connectivity index (χ3v) is 5.26. The lowest BCUT2D eigenvalue weighted by atomic mass is 10.2. The van der Waals surface area contributed by atoms with Gasteiger partial charge >= 0.3 is 0 Å². The number of rotatable bonds is 8. The van der Waals surface area contributed by atoms with Crippen LogP contribution in [0.3, 0.4) is 0 Å². The van der Waals surface area contributed by atoms with E-state index in [1.807, 2.05) is 6.92 Å². The van der Waals surface area contributed by atoms with E-state index in [4.69, 9.17) is 16.8 Å². The van der Waals surface area contributed by atoms with Crippen LogP contribution in [0.25, 0.3) is 0 Å². The Kier molecular flexibility index (Phi) is 7.10. The number of halogens is 1. The molecule has 0 fully saturated rings. The lowest BCUT2D eigenvalue weighted by Gasteiger charge is -2.21. The Balaban J connectivity index is 3.04. The first-order valence-corrected chi connectivity index (χ1v) is 8.43. The maximum atomic E-state index is 12.6. The predicted molar refractivity (Wildman–Crippen MR) is 79.7 cm³/mol. The van der Waals surface area contributed by atoms with Gasteiger partial charge in [-0.1, -0.05) is 43.5 Å². The zero-order chi connectivity index (χ0) is 15.9. The number of unbranched alkanes of at least 4 members (excludes halogenated alkanes) is 2. The van der Waals surface area contributed by atoms with Crippen molar-refractivity contribution in [2.45, 2.75) is 31.1 Å². The van der Waals surface area contributed by atoms with Crippen molar-refractivity contribution >= 4 is 27.5 Å². The Morgan fingerprint density at radius 3 is 2.57 bits per heavy atom. The molecule has 0 aliphatic heterocycles. The summed E-state index contributed by atoms with van der Waals surface area (Å²) in [5, 5.41) is 8.70. The summed E-state index contributed by atoms with van der Waals surface area (Å²) in [4.78, 5) is 11.3. The number of carbonyl (C=O) groups excluding carboxylic acids is 1. The van der Waals surface area contributed by atoms with E-state index < -0.39 is 22.5 Å². The van der Waals surface area contributed by atoms with Crippen LogP contribution in [-0.2, 0) is 14.8 Å². The van der Waals surface area contributed by atoms with Gasteiger partial charge in [-0.15, -0.1) is 0 Å². The van der Waals surface area contributed by atoms with Gasteiger partial charge in [-0.05, 0) is 18.6 Å². The molecule has 0 spiro atoms. The molecule has 0 saturated heterocycles. The molecule has 8 heteroatoms. The van der Waals surface area contributed by atoms with E-state index in [9.17, 15) is 13.2 Å². The molecule has 0 unspecified atom stereocenters. The molecule has 2 N–H and O–H groups in total. The first kappa shape index (κ1) is 17.9. The monoisotopic (exact) mass is 334 g/mol. The fourth-order valence-electron chi connectivity index (χ4n) is 1.81. The van der Waals surface area contributed by atoms with Gasteiger partial charge in [0.15, 0.2) is 0 Å². The van der Waals surface area contributed by atoms with E-state index in [-0.39, 0.29) is 16.5 Å². The number of carbonyl (C=O) groups is 1. The molecule has 0 bridgehead atoms. The number of nitrogens with one attached hydrogen (secondary N) is 1. The van der Waals surface area contributed by atoms with E-state index in [2.05, 4.69) is 0 Å². The summed E-state index contributed by atoms with van der Waals surface area (Å²) >= 11 is 5.93. The van der Waals surface area contributed by atoms with E-state index in [0.29, 0.717) is 6.42 Å². The summed E-state index contributed by atoms with van der Waals surface area (Å²) in [6.45, 7) is 1.73. The van der Waals surface area contributed by atoms with Crippen molar-refractivity contribution in [1.29, 1.82) is 0 Å². The summed E-state index contributed by atoms with van der Waals surface area (Å²) in [7, 11) is -3.89. The van der Waals surface area contributed by atoms with Crippen LogP contribution in [0.15, 0.2) is 29.2 Å². The third-order valence-electron chi connectivity index (χ3n) is 2.91. The number of amides is 1. The van der Waals surface area contributed by atoms with E-state index in [1.54, 1.807) is 12.1 Å². The summed E-state index contributed by atoms with van der Waals surface area (Å²) in [6.07, 6.45) is 2.39. The van der Waals surface area contributed by atoms with Crippen LogP contribution in [0.1, 0.15) is 26.2 Å². The fourth-order valence-corrected chi connectivity index (χ4v) is 3.74.